The van der Waals surface area contributed by atoms with Crippen LogP contribution in [0.4, 0.5) is 0 Å². The van der Waals surface area contributed by atoms with Gasteiger partial charge in [-0.05, 0) is 36.4 Å². The number of carbonyl (C=O) groups is 1. The van der Waals surface area contributed by atoms with Gasteiger partial charge in [0.1, 0.15) is 12.0 Å². The van der Waals surface area contributed by atoms with Gasteiger partial charge >= 0.3 is 0 Å². The molecule has 0 atom stereocenters. The summed E-state index contributed by atoms with van der Waals surface area (Å²) in [7, 11) is 1.61. The largest absolute Gasteiger partial charge is 0.496 e. The minimum absolute atomic E-state index is 0.624. The molecular weight excluding hydrogens is 315 g/mol. The molecule has 2 aromatic rings. The normalized spacial score (nSPS) is 10.3. The van der Waals surface area contributed by atoms with Gasteiger partial charge in [-0.2, -0.15) is 0 Å². The van der Waals surface area contributed by atoms with Crippen LogP contribution in [0.2, 0.25) is 10.0 Å². The van der Waals surface area contributed by atoms with E-state index in [0.29, 0.717) is 21.4 Å². The molecular formula is C15H12Cl2O2S. The maximum Gasteiger partial charge on any atom is 0.150 e. The number of rotatable bonds is 5. The first-order chi connectivity index (χ1) is 9.63. The predicted molar refractivity (Wildman–Crippen MR) is 84.4 cm³/mol. The Labute approximate surface area is 132 Å². The van der Waals surface area contributed by atoms with Crippen molar-refractivity contribution in [2.75, 3.05) is 7.11 Å². The highest BCUT2D eigenvalue weighted by molar-refractivity contribution is 7.98. The Kier molecular flexibility index (Phi) is 5.35. The Bertz CT molecular complexity index is 629. The van der Waals surface area contributed by atoms with E-state index in [9.17, 15) is 4.79 Å². The van der Waals surface area contributed by atoms with E-state index in [1.807, 2.05) is 12.1 Å². The molecule has 5 heteroatoms. The molecule has 0 aromatic heterocycles. The Morgan fingerprint density at radius 1 is 1.20 bits per heavy atom. The topological polar surface area (TPSA) is 26.3 Å². The van der Waals surface area contributed by atoms with E-state index < -0.39 is 0 Å². The second-order valence-corrected chi connectivity index (χ2v) is 5.91. The molecule has 0 amide bonds. The van der Waals surface area contributed by atoms with E-state index in [0.717, 1.165) is 22.5 Å². The number of aldehydes is 1. The van der Waals surface area contributed by atoms with Crippen molar-refractivity contribution in [3.05, 3.63) is 57.6 Å². The monoisotopic (exact) mass is 326 g/mol. The number of benzene rings is 2. The standard InChI is InChI=1S/C15H12Cl2O2S/c1-19-14-5-2-10(8-18)6-11(14)9-20-15-7-12(16)3-4-13(15)17/h2-8H,9H2,1H3. The number of hydrogen-bond acceptors (Lipinski definition) is 3. The van der Waals surface area contributed by atoms with E-state index in [-0.39, 0.29) is 0 Å². The summed E-state index contributed by atoms with van der Waals surface area (Å²) in [5, 5.41) is 1.30. The molecule has 2 nitrogen and oxygen atoms in total. The summed E-state index contributed by atoms with van der Waals surface area (Å²) in [4.78, 5) is 11.7. The van der Waals surface area contributed by atoms with Crippen LogP contribution < -0.4 is 4.74 Å². The van der Waals surface area contributed by atoms with Crippen molar-refractivity contribution in [2.24, 2.45) is 0 Å². The first kappa shape index (κ1) is 15.2. The van der Waals surface area contributed by atoms with Gasteiger partial charge in [-0.25, -0.2) is 0 Å². The summed E-state index contributed by atoms with van der Waals surface area (Å²) in [6, 6.07) is 10.7. The van der Waals surface area contributed by atoms with Crippen molar-refractivity contribution >= 4 is 41.2 Å². The van der Waals surface area contributed by atoms with E-state index >= 15 is 0 Å². The fourth-order valence-corrected chi connectivity index (χ4v) is 3.20. The third-order valence-corrected chi connectivity index (χ3v) is 4.50. The molecule has 0 unspecified atom stereocenters. The third kappa shape index (κ3) is 3.69. The molecule has 20 heavy (non-hydrogen) atoms. The van der Waals surface area contributed by atoms with E-state index in [2.05, 4.69) is 0 Å². The Balaban J connectivity index is 2.21. The molecule has 2 rings (SSSR count). The summed E-state index contributed by atoms with van der Waals surface area (Å²) in [5.41, 5.74) is 1.57. The Morgan fingerprint density at radius 2 is 2.00 bits per heavy atom. The number of thioether (sulfide) groups is 1. The van der Waals surface area contributed by atoms with Gasteiger partial charge in [-0.15, -0.1) is 11.8 Å². The fraction of sp³-hybridized carbons (Fsp3) is 0.133. The molecule has 0 bridgehead atoms. The average Bonchev–Trinajstić information content (AvgIpc) is 2.47. The average molecular weight is 327 g/mol. The molecule has 0 heterocycles. The van der Waals surface area contributed by atoms with Gasteiger partial charge in [0.15, 0.2) is 0 Å². The molecule has 2 aromatic carbocycles. The number of hydrogen-bond donors (Lipinski definition) is 0. The molecule has 0 fully saturated rings. The SMILES string of the molecule is COc1ccc(C=O)cc1CSc1cc(Cl)ccc1Cl. The van der Waals surface area contributed by atoms with Crippen LogP contribution in [0.1, 0.15) is 15.9 Å². The zero-order chi connectivity index (χ0) is 14.5. The van der Waals surface area contributed by atoms with Crippen molar-refractivity contribution in [1.29, 1.82) is 0 Å². The van der Waals surface area contributed by atoms with Gasteiger partial charge in [-0.1, -0.05) is 23.2 Å². The van der Waals surface area contributed by atoms with Crippen molar-refractivity contribution in [1.82, 2.24) is 0 Å². The minimum Gasteiger partial charge on any atom is -0.496 e. The first-order valence-corrected chi connectivity index (χ1v) is 7.58. The maximum atomic E-state index is 10.8. The van der Waals surface area contributed by atoms with Gasteiger partial charge in [0.25, 0.3) is 0 Å². The molecule has 0 aliphatic rings. The zero-order valence-corrected chi connectivity index (χ0v) is 13.1. The summed E-state index contributed by atoms with van der Waals surface area (Å²) < 4.78 is 5.30. The fourth-order valence-electron chi connectivity index (χ4n) is 1.73. The third-order valence-electron chi connectivity index (χ3n) is 2.72. The number of methoxy groups -OCH3 is 1. The van der Waals surface area contributed by atoms with Crippen LogP contribution in [-0.4, -0.2) is 13.4 Å². The summed E-state index contributed by atoms with van der Waals surface area (Å²) in [6.45, 7) is 0. The van der Waals surface area contributed by atoms with Gasteiger partial charge < -0.3 is 4.74 Å². The summed E-state index contributed by atoms with van der Waals surface area (Å²) >= 11 is 13.6. The van der Waals surface area contributed by atoms with Crippen molar-refractivity contribution in [3.63, 3.8) is 0 Å². The molecule has 0 aliphatic heterocycles. The minimum atomic E-state index is 0.624. The maximum absolute atomic E-state index is 10.8. The van der Waals surface area contributed by atoms with Crippen molar-refractivity contribution in [2.45, 2.75) is 10.6 Å². The number of halogens is 2. The second-order valence-electron chi connectivity index (χ2n) is 4.05. The van der Waals surface area contributed by atoms with Crippen molar-refractivity contribution < 1.29 is 9.53 Å². The molecule has 0 saturated carbocycles. The number of carbonyl (C=O) groups excluding carboxylic acids is 1. The molecule has 0 saturated heterocycles. The van der Waals surface area contributed by atoms with E-state index in [1.54, 1.807) is 43.1 Å². The second kappa shape index (κ2) is 7.02. The molecule has 0 aliphatic carbocycles. The smallest absolute Gasteiger partial charge is 0.150 e. The van der Waals surface area contributed by atoms with Crippen LogP contribution >= 0.6 is 35.0 Å². The quantitative estimate of drug-likeness (QED) is 0.564. The highest BCUT2D eigenvalue weighted by Gasteiger charge is 2.08. The highest BCUT2D eigenvalue weighted by Crippen LogP contribution is 2.34. The van der Waals surface area contributed by atoms with Gasteiger partial charge in [0, 0.05) is 26.8 Å². The lowest BCUT2D eigenvalue weighted by Gasteiger charge is -2.10. The lowest BCUT2D eigenvalue weighted by Crippen LogP contribution is -1.92. The molecule has 104 valence electrons. The summed E-state index contributed by atoms with van der Waals surface area (Å²) in [6.07, 6.45) is 0.819. The van der Waals surface area contributed by atoms with Crippen LogP contribution in [-0.2, 0) is 5.75 Å². The summed E-state index contributed by atoms with van der Waals surface area (Å²) in [5.74, 6) is 1.39. The van der Waals surface area contributed by atoms with Crippen LogP contribution in [0.5, 0.6) is 5.75 Å². The number of ether oxygens (including phenoxy) is 1. The zero-order valence-electron chi connectivity index (χ0n) is 10.7. The van der Waals surface area contributed by atoms with Crippen LogP contribution in [0.25, 0.3) is 0 Å². The predicted octanol–water partition coefficient (Wildman–Crippen LogP) is 5.11. The molecule has 0 radical (unpaired) electrons. The van der Waals surface area contributed by atoms with Gasteiger partial charge in [0.2, 0.25) is 0 Å². The Hall–Kier alpha value is -1.16. The Morgan fingerprint density at radius 3 is 2.70 bits per heavy atom. The van der Waals surface area contributed by atoms with Gasteiger partial charge in [-0.3, -0.25) is 4.79 Å². The lowest BCUT2D eigenvalue weighted by atomic mass is 10.1. The highest BCUT2D eigenvalue weighted by atomic mass is 35.5. The first-order valence-electron chi connectivity index (χ1n) is 5.84. The van der Waals surface area contributed by atoms with E-state index in [1.165, 1.54) is 0 Å². The van der Waals surface area contributed by atoms with Gasteiger partial charge in [0.05, 0.1) is 12.1 Å². The molecule has 0 spiro atoms. The van der Waals surface area contributed by atoms with E-state index in [4.69, 9.17) is 27.9 Å². The van der Waals surface area contributed by atoms with Crippen molar-refractivity contribution in [3.8, 4) is 5.75 Å². The lowest BCUT2D eigenvalue weighted by molar-refractivity contribution is 0.112. The molecule has 0 N–H and O–H groups in total. The van der Waals surface area contributed by atoms with Crippen LogP contribution in [0, 0.1) is 0 Å². The van der Waals surface area contributed by atoms with Crippen LogP contribution in [0.15, 0.2) is 41.3 Å². The van der Waals surface area contributed by atoms with Crippen LogP contribution in [0.3, 0.4) is 0 Å².